The van der Waals surface area contributed by atoms with Crippen LogP contribution in [0.2, 0.25) is 0 Å². The van der Waals surface area contributed by atoms with Crippen molar-refractivity contribution in [2.75, 3.05) is 0 Å². The molecule has 0 saturated carbocycles. The predicted molar refractivity (Wildman–Crippen MR) is 83.3 cm³/mol. The van der Waals surface area contributed by atoms with E-state index in [-0.39, 0.29) is 5.75 Å². The van der Waals surface area contributed by atoms with Crippen molar-refractivity contribution < 1.29 is 19.7 Å². The molecule has 0 aliphatic heterocycles. The van der Waals surface area contributed by atoms with Crippen molar-refractivity contribution in [3.05, 3.63) is 72.2 Å². The molecule has 0 saturated heterocycles. The number of hydrogen-bond donors (Lipinski definition) is 2. The lowest BCUT2D eigenvalue weighted by Gasteiger charge is -2.13. The van der Waals surface area contributed by atoms with Crippen molar-refractivity contribution >= 4 is 0 Å². The van der Waals surface area contributed by atoms with E-state index in [1.165, 1.54) is 0 Å². The molecule has 0 atom stereocenters. The molecule has 1 aliphatic carbocycles. The van der Waals surface area contributed by atoms with E-state index in [0.717, 1.165) is 11.5 Å². The van der Waals surface area contributed by atoms with Crippen LogP contribution in [0.4, 0.5) is 0 Å². The normalized spacial score (nSPS) is 14.0. The quantitative estimate of drug-likeness (QED) is 0.859. The fraction of sp³-hybridized carbons (Fsp3) is 0.111. The first-order valence-electron chi connectivity index (χ1n) is 7.02. The first-order chi connectivity index (χ1) is 10.7. The summed E-state index contributed by atoms with van der Waals surface area (Å²) in [6.07, 6.45) is 4.72. The number of allylic oxidation sites excluding steroid dienone is 4. The van der Waals surface area contributed by atoms with E-state index >= 15 is 0 Å². The zero-order chi connectivity index (χ0) is 15.4. The Balaban J connectivity index is 1.64. The van der Waals surface area contributed by atoms with Crippen LogP contribution in [0.1, 0.15) is 12.8 Å². The lowest BCUT2D eigenvalue weighted by atomic mass is 10.1. The maximum absolute atomic E-state index is 9.32. The highest BCUT2D eigenvalue weighted by Gasteiger charge is 2.07. The van der Waals surface area contributed by atoms with Gasteiger partial charge in [-0.05, 0) is 60.7 Å². The van der Waals surface area contributed by atoms with E-state index in [9.17, 15) is 10.2 Å². The maximum atomic E-state index is 9.32. The summed E-state index contributed by atoms with van der Waals surface area (Å²) in [6, 6.07) is 13.8. The Hall–Kier alpha value is -2.88. The summed E-state index contributed by atoms with van der Waals surface area (Å²) in [6.45, 7) is 0. The first-order valence-corrected chi connectivity index (χ1v) is 7.02. The molecular formula is C18H16O4. The van der Waals surface area contributed by atoms with Gasteiger partial charge in [-0.15, -0.1) is 0 Å². The molecule has 4 heteroatoms. The van der Waals surface area contributed by atoms with E-state index in [1.54, 1.807) is 36.4 Å². The third kappa shape index (κ3) is 3.61. The number of benzene rings is 2. The molecule has 0 unspecified atom stereocenters. The Kier molecular flexibility index (Phi) is 4.01. The van der Waals surface area contributed by atoms with Gasteiger partial charge in [-0.25, -0.2) is 0 Å². The van der Waals surface area contributed by atoms with Crippen LogP contribution < -0.4 is 9.47 Å². The molecule has 3 rings (SSSR count). The molecule has 1 aliphatic rings. The molecular weight excluding hydrogens is 280 g/mol. The summed E-state index contributed by atoms with van der Waals surface area (Å²) in [5.41, 5.74) is 0. The smallest absolute Gasteiger partial charge is 0.127 e. The SMILES string of the molecule is OC1=CC=C(Oc2ccc(Oc3ccc(O)cc3)cc2)CC1. The Morgan fingerprint density at radius 2 is 1.18 bits per heavy atom. The Morgan fingerprint density at radius 3 is 1.73 bits per heavy atom. The van der Waals surface area contributed by atoms with Gasteiger partial charge in [0, 0.05) is 12.8 Å². The monoisotopic (exact) mass is 296 g/mol. The zero-order valence-corrected chi connectivity index (χ0v) is 11.9. The van der Waals surface area contributed by atoms with Crippen LogP contribution in [0.25, 0.3) is 0 Å². The number of aliphatic hydroxyl groups is 1. The third-order valence-electron chi connectivity index (χ3n) is 3.23. The van der Waals surface area contributed by atoms with Crippen molar-refractivity contribution in [3.63, 3.8) is 0 Å². The first kappa shape index (κ1) is 14.1. The lowest BCUT2D eigenvalue weighted by molar-refractivity contribution is 0.351. The molecule has 2 aromatic carbocycles. The number of aliphatic hydroxyl groups excluding tert-OH is 1. The Labute approximate surface area is 128 Å². The van der Waals surface area contributed by atoms with Crippen LogP contribution in [-0.2, 0) is 0 Å². The highest BCUT2D eigenvalue weighted by atomic mass is 16.5. The molecule has 0 fully saturated rings. The standard InChI is InChI=1S/C18H16O4/c19-13-1-5-15(6-2-13)21-17-9-11-18(12-10-17)22-16-7-3-14(20)4-8-16/h1-3,5-7,9-12,19-20H,4,8H2. The summed E-state index contributed by atoms with van der Waals surface area (Å²) in [7, 11) is 0. The van der Waals surface area contributed by atoms with Gasteiger partial charge in [-0.1, -0.05) is 0 Å². The van der Waals surface area contributed by atoms with Gasteiger partial charge in [0.25, 0.3) is 0 Å². The average molecular weight is 296 g/mol. The van der Waals surface area contributed by atoms with Gasteiger partial charge < -0.3 is 19.7 Å². The van der Waals surface area contributed by atoms with Crippen molar-refractivity contribution in [1.29, 1.82) is 0 Å². The lowest BCUT2D eigenvalue weighted by Crippen LogP contribution is -2.00. The van der Waals surface area contributed by atoms with E-state index in [0.29, 0.717) is 30.1 Å². The second-order valence-corrected chi connectivity index (χ2v) is 4.96. The molecule has 2 aromatic rings. The van der Waals surface area contributed by atoms with Crippen LogP contribution in [0, 0.1) is 0 Å². The second kappa shape index (κ2) is 6.26. The predicted octanol–water partition coefficient (Wildman–Crippen LogP) is 4.68. The Bertz CT molecular complexity index is 697. The van der Waals surface area contributed by atoms with Crippen LogP contribution in [0.3, 0.4) is 0 Å². The van der Waals surface area contributed by atoms with Gasteiger partial charge in [0.05, 0.1) is 5.76 Å². The minimum Gasteiger partial charge on any atom is -0.512 e. The molecule has 0 spiro atoms. The van der Waals surface area contributed by atoms with Crippen molar-refractivity contribution in [3.8, 4) is 23.0 Å². The summed E-state index contributed by atoms with van der Waals surface area (Å²) < 4.78 is 11.4. The van der Waals surface area contributed by atoms with E-state index in [4.69, 9.17) is 9.47 Å². The van der Waals surface area contributed by atoms with Crippen LogP contribution in [0.5, 0.6) is 23.0 Å². The van der Waals surface area contributed by atoms with Crippen molar-refractivity contribution in [2.24, 2.45) is 0 Å². The Morgan fingerprint density at radius 1 is 0.636 bits per heavy atom. The van der Waals surface area contributed by atoms with Gasteiger partial charge in [0.2, 0.25) is 0 Å². The molecule has 0 heterocycles. The summed E-state index contributed by atoms with van der Waals surface area (Å²) in [5.74, 6) is 3.47. The van der Waals surface area contributed by atoms with Gasteiger partial charge in [-0.2, -0.15) is 0 Å². The topological polar surface area (TPSA) is 58.9 Å². The number of phenolic OH excluding ortho intramolecular Hbond substituents is 1. The minimum absolute atomic E-state index is 0.206. The molecule has 0 aromatic heterocycles. The zero-order valence-electron chi connectivity index (χ0n) is 11.9. The summed E-state index contributed by atoms with van der Waals surface area (Å²) in [5, 5.41) is 18.5. The van der Waals surface area contributed by atoms with E-state index in [2.05, 4.69) is 0 Å². The molecule has 4 nitrogen and oxygen atoms in total. The van der Waals surface area contributed by atoms with Gasteiger partial charge in [0.1, 0.15) is 28.8 Å². The van der Waals surface area contributed by atoms with E-state index in [1.807, 2.05) is 24.3 Å². The van der Waals surface area contributed by atoms with E-state index < -0.39 is 0 Å². The average Bonchev–Trinajstić information content (AvgIpc) is 2.54. The number of rotatable bonds is 4. The highest BCUT2D eigenvalue weighted by Crippen LogP contribution is 2.27. The van der Waals surface area contributed by atoms with Gasteiger partial charge >= 0.3 is 0 Å². The van der Waals surface area contributed by atoms with Crippen molar-refractivity contribution in [2.45, 2.75) is 12.8 Å². The number of ether oxygens (including phenoxy) is 2. The maximum Gasteiger partial charge on any atom is 0.127 e. The summed E-state index contributed by atoms with van der Waals surface area (Å²) >= 11 is 0. The number of hydrogen-bond acceptors (Lipinski definition) is 4. The summed E-state index contributed by atoms with van der Waals surface area (Å²) in [4.78, 5) is 0. The van der Waals surface area contributed by atoms with Crippen LogP contribution in [0.15, 0.2) is 72.2 Å². The molecule has 2 N–H and O–H groups in total. The number of aromatic hydroxyl groups is 1. The third-order valence-corrected chi connectivity index (χ3v) is 3.23. The van der Waals surface area contributed by atoms with Gasteiger partial charge in [-0.3, -0.25) is 0 Å². The molecule has 0 radical (unpaired) electrons. The van der Waals surface area contributed by atoms with Crippen molar-refractivity contribution in [1.82, 2.24) is 0 Å². The van der Waals surface area contributed by atoms with Gasteiger partial charge in [0.15, 0.2) is 0 Å². The fourth-order valence-corrected chi connectivity index (χ4v) is 2.07. The fourth-order valence-electron chi connectivity index (χ4n) is 2.07. The molecule has 22 heavy (non-hydrogen) atoms. The van der Waals surface area contributed by atoms with Crippen LogP contribution in [-0.4, -0.2) is 10.2 Å². The minimum atomic E-state index is 0.206. The number of phenols is 1. The second-order valence-electron chi connectivity index (χ2n) is 4.96. The highest BCUT2D eigenvalue weighted by molar-refractivity contribution is 5.38. The van der Waals surface area contributed by atoms with Crippen LogP contribution >= 0.6 is 0 Å². The largest absolute Gasteiger partial charge is 0.512 e. The molecule has 0 bridgehead atoms. The molecule has 112 valence electrons. The molecule has 0 amide bonds.